The number of benzene rings is 1. The molecule has 82 valence electrons. The van der Waals surface area contributed by atoms with E-state index in [4.69, 9.17) is 17.3 Å². The smallest absolute Gasteiger partial charge is 0.125 e. The van der Waals surface area contributed by atoms with Gasteiger partial charge in [-0.15, -0.1) is 0 Å². The largest absolute Gasteiger partial charge is 0.397 e. The number of aromatic nitrogens is 1. The molecular formula is C12H10ClFN2. The zero-order chi connectivity index (χ0) is 11.7. The molecule has 4 heteroatoms. The lowest BCUT2D eigenvalue weighted by Crippen LogP contribution is -1.93. The fourth-order valence-corrected chi connectivity index (χ4v) is 1.66. The molecule has 16 heavy (non-hydrogen) atoms. The Morgan fingerprint density at radius 2 is 2.06 bits per heavy atom. The second-order valence-electron chi connectivity index (χ2n) is 3.54. The van der Waals surface area contributed by atoms with Crippen molar-refractivity contribution in [2.45, 2.75) is 6.92 Å². The van der Waals surface area contributed by atoms with Gasteiger partial charge < -0.3 is 5.73 Å². The second-order valence-corrected chi connectivity index (χ2v) is 3.94. The maximum absolute atomic E-state index is 13.2. The van der Waals surface area contributed by atoms with E-state index in [1.54, 1.807) is 6.20 Å². The third-order valence-corrected chi connectivity index (χ3v) is 2.63. The van der Waals surface area contributed by atoms with Crippen LogP contribution in [0.5, 0.6) is 0 Å². The molecule has 0 radical (unpaired) electrons. The highest BCUT2D eigenvalue weighted by molar-refractivity contribution is 6.33. The van der Waals surface area contributed by atoms with Gasteiger partial charge in [0, 0.05) is 23.0 Å². The number of nitrogens with two attached hydrogens (primary N) is 1. The summed E-state index contributed by atoms with van der Waals surface area (Å²) in [4.78, 5) is 4.13. The lowest BCUT2D eigenvalue weighted by molar-refractivity contribution is 0.628. The highest BCUT2D eigenvalue weighted by Gasteiger charge is 2.08. The molecule has 0 bridgehead atoms. The van der Waals surface area contributed by atoms with E-state index in [-0.39, 0.29) is 5.02 Å². The first-order valence-corrected chi connectivity index (χ1v) is 5.13. The predicted octanol–water partition coefficient (Wildman–Crippen LogP) is 3.43. The normalized spacial score (nSPS) is 10.4. The van der Waals surface area contributed by atoms with Gasteiger partial charge in [-0.1, -0.05) is 17.7 Å². The first-order chi connectivity index (χ1) is 7.58. The minimum Gasteiger partial charge on any atom is -0.397 e. The van der Waals surface area contributed by atoms with Crippen LogP contribution >= 0.6 is 11.6 Å². The van der Waals surface area contributed by atoms with Gasteiger partial charge in [-0.25, -0.2) is 4.39 Å². The lowest BCUT2D eigenvalue weighted by atomic mass is 10.1. The van der Waals surface area contributed by atoms with Gasteiger partial charge in [0.05, 0.1) is 10.7 Å². The van der Waals surface area contributed by atoms with Gasteiger partial charge in [-0.2, -0.15) is 0 Å². The van der Waals surface area contributed by atoms with Crippen LogP contribution in [0.15, 0.2) is 30.5 Å². The van der Waals surface area contributed by atoms with Gasteiger partial charge in [0.2, 0.25) is 0 Å². The molecule has 0 aliphatic rings. The highest BCUT2D eigenvalue weighted by Crippen LogP contribution is 2.32. The van der Waals surface area contributed by atoms with Gasteiger partial charge in [0.25, 0.3) is 0 Å². The van der Waals surface area contributed by atoms with Crippen molar-refractivity contribution < 1.29 is 4.39 Å². The highest BCUT2D eigenvalue weighted by atomic mass is 35.5. The van der Waals surface area contributed by atoms with Crippen LogP contribution in [0.4, 0.5) is 10.1 Å². The van der Waals surface area contributed by atoms with Gasteiger partial charge in [-0.3, -0.25) is 4.98 Å². The molecule has 1 aromatic heterocycles. The van der Waals surface area contributed by atoms with Crippen molar-refractivity contribution in [3.8, 4) is 11.1 Å². The lowest BCUT2D eigenvalue weighted by Gasteiger charge is -2.07. The molecule has 0 fully saturated rings. The van der Waals surface area contributed by atoms with Crippen molar-refractivity contribution in [1.29, 1.82) is 0 Å². The van der Waals surface area contributed by atoms with E-state index in [0.717, 1.165) is 11.3 Å². The minimum absolute atomic E-state index is 0.218. The number of aryl methyl sites for hydroxylation is 1. The molecule has 0 unspecified atom stereocenters. The van der Waals surface area contributed by atoms with Crippen LogP contribution < -0.4 is 5.73 Å². The molecule has 2 N–H and O–H groups in total. The van der Waals surface area contributed by atoms with Crippen molar-refractivity contribution in [1.82, 2.24) is 4.98 Å². The summed E-state index contributed by atoms with van der Waals surface area (Å²) in [6.07, 6.45) is 1.65. The van der Waals surface area contributed by atoms with E-state index < -0.39 is 5.82 Å². The molecule has 0 aliphatic heterocycles. The number of halogens is 2. The van der Waals surface area contributed by atoms with Gasteiger partial charge in [0.15, 0.2) is 0 Å². The first-order valence-electron chi connectivity index (χ1n) is 4.75. The fraction of sp³-hybridized carbons (Fsp3) is 0.0833. The molecule has 2 rings (SSSR count). The Morgan fingerprint density at radius 1 is 1.31 bits per heavy atom. The third-order valence-electron chi connectivity index (χ3n) is 2.32. The number of nitrogens with zero attached hydrogens (tertiary/aromatic N) is 1. The number of hydrogen-bond acceptors (Lipinski definition) is 2. The van der Waals surface area contributed by atoms with E-state index in [2.05, 4.69) is 4.98 Å². The molecule has 1 aromatic carbocycles. The van der Waals surface area contributed by atoms with Crippen molar-refractivity contribution in [2.75, 3.05) is 5.73 Å². The first kappa shape index (κ1) is 10.9. The Morgan fingerprint density at radius 3 is 2.69 bits per heavy atom. The fourth-order valence-electron chi connectivity index (χ4n) is 1.45. The van der Waals surface area contributed by atoms with Crippen LogP contribution in [-0.2, 0) is 0 Å². The van der Waals surface area contributed by atoms with E-state index >= 15 is 0 Å². The van der Waals surface area contributed by atoms with Crippen LogP contribution in [0.25, 0.3) is 11.1 Å². The van der Waals surface area contributed by atoms with Gasteiger partial charge >= 0.3 is 0 Å². The molecule has 0 spiro atoms. The maximum Gasteiger partial charge on any atom is 0.125 e. The van der Waals surface area contributed by atoms with E-state index in [1.165, 1.54) is 12.1 Å². The number of hydrogen-bond donors (Lipinski definition) is 1. The van der Waals surface area contributed by atoms with E-state index in [0.29, 0.717) is 11.3 Å². The molecule has 0 amide bonds. The summed E-state index contributed by atoms with van der Waals surface area (Å²) in [6, 6.07) is 6.23. The van der Waals surface area contributed by atoms with E-state index in [1.807, 2.05) is 19.1 Å². The van der Waals surface area contributed by atoms with Gasteiger partial charge in [-0.05, 0) is 25.1 Å². The summed E-state index contributed by atoms with van der Waals surface area (Å²) in [5.74, 6) is -0.408. The molecule has 0 atom stereocenters. The molecule has 0 saturated heterocycles. The topological polar surface area (TPSA) is 38.9 Å². The Hall–Kier alpha value is -1.61. The summed E-state index contributed by atoms with van der Waals surface area (Å²) in [5.41, 5.74) is 8.38. The van der Waals surface area contributed by atoms with Crippen LogP contribution in [-0.4, -0.2) is 4.98 Å². The summed E-state index contributed by atoms with van der Waals surface area (Å²) in [5, 5.41) is 0.218. The minimum atomic E-state index is -0.408. The molecule has 1 heterocycles. The summed E-state index contributed by atoms with van der Waals surface area (Å²) >= 11 is 5.81. The average molecular weight is 237 g/mol. The molecule has 0 saturated carbocycles. The molecule has 2 aromatic rings. The molecule has 0 aliphatic carbocycles. The van der Waals surface area contributed by atoms with Crippen molar-refractivity contribution >= 4 is 17.3 Å². The average Bonchev–Trinajstić information content (AvgIpc) is 2.25. The third kappa shape index (κ3) is 1.99. The van der Waals surface area contributed by atoms with Crippen LogP contribution in [0.2, 0.25) is 5.02 Å². The summed E-state index contributed by atoms with van der Waals surface area (Å²) < 4.78 is 13.2. The number of rotatable bonds is 1. The van der Waals surface area contributed by atoms with Crippen LogP contribution in [0.1, 0.15) is 5.69 Å². The predicted molar refractivity (Wildman–Crippen MR) is 63.8 cm³/mol. The van der Waals surface area contributed by atoms with Crippen molar-refractivity contribution in [2.24, 2.45) is 0 Å². The van der Waals surface area contributed by atoms with Crippen molar-refractivity contribution in [3.05, 3.63) is 47.0 Å². The van der Waals surface area contributed by atoms with Gasteiger partial charge in [0.1, 0.15) is 5.82 Å². The Labute approximate surface area is 97.9 Å². The van der Waals surface area contributed by atoms with Crippen LogP contribution in [0, 0.1) is 12.7 Å². The zero-order valence-electron chi connectivity index (χ0n) is 8.67. The second kappa shape index (κ2) is 4.10. The van der Waals surface area contributed by atoms with E-state index in [9.17, 15) is 4.39 Å². The number of anilines is 1. The molecule has 2 nitrogen and oxygen atoms in total. The quantitative estimate of drug-likeness (QED) is 0.771. The Bertz CT molecular complexity index is 523. The van der Waals surface area contributed by atoms with Crippen LogP contribution in [0.3, 0.4) is 0 Å². The summed E-state index contributed by atoms with van der Waals surface area (Å²) in [7, 11) is 0. The summed E-state index contributed by atoms with van der Waals surface area (Å²) in [6.45, 7) is 1.88. The SMILES string of the molecule is Cc1ccc(-c2cc(F)cc(Cl)c2N)cn1. The standard InChI is InChI=1S/C12H10ClFN2/c1-7-2-3-8(6-16-7)10-4-9(14)5-11(13)12(10)15/h2-6H,15H2,1H3. The number of pyridine rings is 1. The molecular weight excluding hydrogens is 227 g/mol. The zero-order valence-corrected chi connectivity index (χ0v) is 9.42. The Balaban J connectivity index is 2.59. The number of nitrogen functional groups attached to an aromatic ring is 1. The monoisotopic (exact) mass is 236 g/mol. The maximum atomic E-state index is 13.2. The Kier molecular flexibility index (Phi) is 2.79. The van der Waals surface area contributed by atoms with Crippen molar-refractivity contribution in [3.63, 3.8) is 0 Å².